The number of methoxy groups -OCH3 is 1. The van der Waals surface area contributed by atoms with Crippen LogP contribution in [0.1, 0.15) is 17.3 Å². The van der Waals surface area contributed by atoms with Crippen LogP contribution in [0.2, 0.25) is 5.02 Å². The van der Waals surface area contributed by atoms with E-state index in [2.05, 4.69) is 4.98 Å². The number of nitrogens with zero attached hydrogens (tertiary/aromatic N) is 1. The number of carbonyl (C=O) groups excluding carboxylic acids is 1. The summed E-state index contributed by atoms with van der Waals surface area (Å²) in [5, 5.41) is 2.29. The number of pyridine rings is 1. The van der Waals surface area contributed by atoms with Gasteiger partial charge in [-0.25, -0.2) is 4.98 Å². The number of aromatic nitrogens is 1. The lowest BCUT2D eigenvalue weighted by Gasteiger charge is -2.13. The van der Waals surface area contributed by atoms with E-state index in [0.717, 1.165) is 27.6 Å². The van der Waals surface area contributed by atoms with Gasteiger partial charge in [-0.3, -0.25) is 4.79 Å². The Morgan fingerprint density at radius 3 is 2.33 bits per heavy atom. The molecule has 0 radical (unpaired) electrons. The molecule has 0 bridgehead atoms. The van der Waals surface area contributed by atoms with Crippen molar-refractivity contribution in [1.29, 1.82) is 0 Å². The van der Waals surface area contributed by atoms with E-state index in [1.54, 1.807) is 31.4 Å². The quantitative estimate of drug-likeness (QED) is 0.321. The molecule has 4 rings (SSSR count). The molecule has 3 aromatic carbocycles. The molecule has 0 spiro atoms. The van der Waals surface area contributed by atoms with E-state index in [-0.39, 0.29) is 5.78 Å². The molecule has 0 saturated carbocycles. The number of Topliss-reactive ketones (excluding diaryl/α,β-unsaturated/α-hetero) is 1. The molecule has 0 aliphatic heterocycles. The molecule has 0 unspecified atom stereocenters. The van der Waals surface area contributed by atoms with Crippen LogP contribution in [0.4, 0.5) is 0 Å². The normalized spacial score (nSPS) is 10.9. The summed E-state index contributed by atoms with van der Waals surface area (Å²) in [5.41, 5.74) is 2.16. The molecule has 0 fully saturated rings. The summed E-state index contributed by atoms with van der Waals surface area (Å²) in [7, 11) is 1.62. The molecular formula is C22H16ClNO3. The van der Waals surface area contributed by atoms with Crippen LogP contribution >= 0.6 is 11.6 Å². The third kappa shape index (κ3) is 3.32. The Labute approximate surface area is 161 Å². The van der Waals surface area contributed by atoms with Crippen molar-refractivity contribution in [1.82, 2.24) is 4.98 Å². The SMILES string of the molecule is COc1ccc2nc3cc(Cl)ccc3c(Oc3ccc(C(C)=O)cc3)c2c1. The van der Waals surface area contributed by atoms with Crippen LogP contribution in [0.5, 0.6) is 17.2 Å². The molecule has 0 aliphatic rings. The average molecular weight is 378 g/mol. The van der Waals surface area contributed by atoms with Gasteiger partial charge >= 0.3 is 0 Å². The third-order valence-corrected chi connectivity index (χ3v) is 4.61. The van der Waals surface area contributed by atoms with Gasteiger partial charge in [-0.1, -0.05) is 11.6 Å². The molecule has 5 heteroatoms. The molecule has 0 saturated heterocycles. The van der Waals surface area contributed by atoms with Crippen molar-refractivity contribution in [3.05, 3.63) is 71.2 Å². The second kappa shape index (κ2) is 6.89. The van der Waals surface area contributed by atoms with Crippen molar-refractivity contribution in [2.45, 2.75) is 6.92 Å². The highest BCUT2D eigenvalue weighted by Crippen LogP contribution is 2.38. The zero-order chi connectivity index (χ0) is 19.0. The summed E-state index contributed by atoms with van der Waals surface area (Å²) < 4.78 is 11.6. The van der Waals surface area contributed by atoms with E-state index in [4.69, 9.17) is 21.1 Å². The molecule has 0 amide bonds. The van der Waals surface area contributed by atoms with Crippen molar-refractivity contribution in [3.8, 4) is 17.2 Å². The topological polar surface area (TPSA) is 48.4 Å². The van der Waals surface area contributed by atoms with Gasteiger partial charge in [0.15, 0.2) is 5.78 Å². The Morgan fingerprint density at radius 1 is 0.889 bits per heavy atom. The Morgan fingerprint density at radius 2 is 1.63 bits per heavy atom. The fourth-order valence-electron chi connectivity index (χ4n) is 2.97. The minimum absolute atomic E-state index is 0.0146. The van der Waals surface area contributed by atoms with Crippen LogP contribution in [-0.4, -0.2) is 17.9 Å². The first kappa shape index (κ1) is 17.3. The second-order valence-electron chi connectivity index (χ2n) is 6.17. The zero-order valence-corrected chi connectivity index (χ0v) is 15.6. The van der Waals surface area contributed by atoms with Crippen molar-refractivity contribution >= 4 is 39.2 Å². The molecule has 27 heavy (non-hydrogen) atoms. The Kier molecular flexibility index (Phi) is 4.42. The van der Waals surface area contributed by atoms with Gasteiger partial charge in [-0.05, 0) is 67.6 Å². The summed E-state index contributed by atoms with van der Waals surface area (Å²) in [5.74, 6) is 2.03. The summed E-state index contributed by atoms with van der Waals surface area (Å²) in [6.07, 6.45) is 0. The van der Waals surface area contributed by atoms with Crippen molar-refractivity contribution in [2.75, 3.05) is 7.11 Å². The van der Waals surface area contributed by atoms with Crippen LogP contribution in [-0.2, 0) is 0 Å². The first-order valence-corrected chi connectivity index (χ1v) is 8.79. The van der Waals surface area contributed by atoms with E-state index in [0.29, 0.717) is 22.1 Å². The number of rotatable bonds is 4. The van der Waals surface area contributed by atoms with Gasteiger partial charge in [0.05, 0.1) is 18.1 Å². The fraction of sp³-hybridized carbons (Fsp3) is 0.0909. The van der Waals surface area contributed by atoms with E-state index >= 15 is 0 Å². The van der Waals surface area contributed by atoms with Gasteiger partial charge in [0, 0.05) is 21.4 Å². The van der Waals surface area contributed by atoms with Gasteiger partial charge in [-0.15, -0.1) is 0 Å². The minimum atomic E-state index is 0.0146. The predicted octanol–water partition coefficient (Wildman–Crippen LogP) is 6.04. The first-order chi connectivity index (χ1) is 13.0. The van der Waals surface area contributed by atoms with Gasteiger partial charge in [0.25, 0.3) is 0 Å². The van der Waals surface area contributed by atoms with E-state index in [1.807, 2.05) is 36.4 Å². The summed E-state index contributed by atoms with van der Waals surface area (Å²) in [6, 6.07) is 18.2. The Bertz CT molecular complexity index is 1170. The molecule has 0 N–H and O–H groups in total. The fourth-order valence-corrected chi connectivity index (χ4v) is 3.14. The minimum Gasteiger partial charge on any atom is -0.497 e. The Balaban J connectivity index is 1.92. The van der Waals surface area contributed by atoms with E-state index in [1.165, 1.54) is 6.92 Å². The van der Waals surface area contributed by atoms with Crippen LogP contribution < -0.4 is 9.47 Å². The average Bonchev–Trinajstić information content (AvgIpc) is 2.67. The van der Waals surface area contributed by atoms with Crippen LogP contribution in [0.15, 0.2) is 60.7 Å². The van der Waals surface area contributed by atoms with Gasteiger partial charge in [0.1, 0.15) is 17.2 Å². The number of fused-ring (bicyclic) bond motifs is 2. The van der Waals surface area contributed by atoms with Crippen LogP contribution in [0.25, 0.3) is 21.8 Å². The maximum absolute atomic E-state index is 11.5. The lowest BCUT2D eigenvalue weighted by molar-refractivity contribution is 0.101. The summed E-state index contributed by atoms with van der Waals surface area (Å²) >= 11 is 6.14. The molecule has 0 aliphatic carbocycles. The van der Waals surface area contributed by atoms with Crippen molar-refractivity contribution in [3.63, 3.8) is 0 Å². The molecule has 4 nitrogen and oxygen atoms in total. The van der Waals surface area contributed by atoms with Gasteiger partial charge in [-0.2, -0.15) is 0 Å². The van der Waals surface area contributed by atoms with Crippen LogP contribution in [0, 0.1) is 0 Å². The smallest absolute Gasteiger partial charge is 0.159 e. The largest absolute Gasteiger partial charge is 0.497 e. The van der Waals surface area contributed by atoms with E-state index < -0.39 is 0 Å². The van der Waals surface area contributed by atoms with Gasteiger partial charge in [0.2, 0.25) is 0 Å². The number of carbonyl (C=O) groups is 1. The van der Waals surface area contributed by atoms with Crippen LogP contribution in [0.3, 0.4) is 0 Å². The van der Waals surface area contributed by atoms with Crippen molar-refractivity contribution in [2.24, 2.45) is 0 Å². The lowest BCUT2D eigenvalue weighted by Crippen LogP contribution is -1.94. The summed E-state index contributed by atoms with van der Waals surface area (Å²) in [4.78, 5) is 16.2. The second-order valence-corrected chi connectivity index (χ2v) is 6.60. The maximum atomic E-state index is 11.5. The highest BCUT2D eigenvalue weighted by molar-refractivity contribution is 6.31. The monoisotopic (exact) mass is 377 g/mol. The highest BCUT2D eigenvalue weighted by Gasteiger charge is 2.13. The van der Waals surface area contributed by atoms with Crippen molar-refractivity contribution < 1.29 is 14.3 Å². The lowest BCUT2D eigenvalue weighted by atomic mass is 10.1. The number of ketones is 1. The molecule has 0 atom stereocenters. The molecule has 134 valence electrons. The Hall–Kier alpha value is -3.11. The number of hydrogen-bond acceptors (Lipinski definition) is 4. The standard InChI is InChI=1S/C22H16ClNO3/c1-13(25)14-3-6-16(7-4-14)27-22-18-9-5-15(23)11-21(18)24-20-10-8-17(26-2)12-19(20)22/h3-12H,1-2H3. The number of benzene rings is 3. The molecule has 1 heterocycles. The zero-order valence-electron chi connectivity index (χ0n) is 14.8. The molecular weight excluding hydrogens is 362 g/mol. The van der Waals surface area contributed by atoms with E-state index in [9.17, 15) is 4.79 Å². The number of halogens is 1. The predicted molar refractivity (Wildman–Crippen MR) is 107 cm³/mol. The number of ether oxygens (including phenoxy) is 2. The summed E-state index contributed by atoms with van der Waals surface area (Å²) in [6.45, 7) is 1.54. The van der Waals surface area contributed by atoms with Gasteiger partial charge < -0.3 is 9.47 Å². The maximum Gasteiger partial charge on any atom is 0.159 e. The molecule has 1 aromatic heterocycles. The molecule has 4 aromatic rings. The highest BCUT2D eigenvalue weighted by atomic mass is 35.5. The third-order valence-electron chi connectivity index (χ3n) is 4.37. The first-order valence-electron chi connectivity index (χ1n) is 8.41. The number of hydrogen-bond donors (Lipinski definition) is 0.